The van der Waals surface area contributed by atoms with Crippen LogP contribution in [-0.2, 0) is 0 Å². The highest BCUT2D eigenvalue weighted by Crippen LogP contribution is 2.27. The molecule has 0 saturated carbocycles. The van der Waals surface area contributed by atoms with Crippen molar-refractivity contribution in [1.82, 2.24) is 4.90 Å². The summed E-state index contributed by atoms with van der Waals surface area (Å²) in [6, 6.07) is 0. The lowest BCUT2D eigenvalue weighted by molar-refractivity contribution is 0.186. The minimum atomic E-state index is 0.323. The van der Waals surface area contributed by atoms with Crippen LogP contribution in [0.3, 0.4) is 0 Å². The van der Waals surface area contributed by atoms with Crippen LogP contribution in [0.2, 0.25) is 0 Å². The maximum Gasteiger partial charge on any atom is 0.00475 e. The highest BCUT2D eigenvalue weighted by Gasteiger charge is 2.31. The van der Waals surface area contributed by atoms with Gasteiger partial charge in [-0.15, -0.1) is 0 Å². The maximum absolute atomic E-state index is 5.84. The zero-order valence-corrected chi connectivity index (χ0v) is 10.2. The van der Waals surface area contributed by atoms with Crippen LogP contribution < -0.4 is 5.73 Å². The summed E-state index contributed by atoms with van der Waals surface area (Å²) in [7, 11) is 0. The fourth-order valence-corrected chi connectivity index (χ4v) is 2.24. The number of likely N-dealkylation sites (tertiary alicyclic amines) is 1. The van der Waals surface area contributed by atoms with Crippen molar-refractivity contribution in [3.8, 4) is 0 Å². The molecule has 14 heavy (non-hydrogen) atoms. The third-order valence-electron chi connectivity index (χ3n) is 4.02. The van der Waals surface area contributed by atoms with Crippen molar-refractivity contribution in [2.75, 3.05) is 26.2 Å². The van der Waals surface area contributed by atoms with E-state index in [0.717, 1.165) is 18.4 Å². The van der Waals surface area contributed by atoms with Gasteiger partial charge < -0.3 is 10.6 Å². The molecule has 3 atom stereocenters. The van der Waals surface area contributed by atoms with E-state index in [0.29, 0.717) is 5.41 Å². The van der Waals surface area contributed by atoms with Gasteiger partial charge in [0.05, 0.1) is 0 Å². The maximum atomic E-state index is 5.84. The molecule has 2 heteroatoms. The highest BCUT2D eigenvalue weighted by molar-refractivity contribution is 4.84. The molecule has 1 saturated heterocycles. The predicted octanol–water partition coefficient (Wildman–Crippen LogP) is 1.95. The van der Waals surface area contributed by atoms with Crippen LogP contribution in [0.4, 0.5) is 0 Å². The van der Waals surface area contributed by atoms with Crippen molar-refractivity contribution in [1.29, 1.82) is 0 Å². The zero-order valence-electron chi connectivity index (χ0n) is 10.2. The van der Waals surface area contributed by atoms with E-state index in [9.17, 15) is 0 Å². The van der Waals surface area contributed by atoms with Gasteiger partial charge in [-0.3, -0.25) is 0 Å². The summed E-state index contributed by atoms with van der Waals surface area (Å²) in [5.74, 6) is 1.71. The molecule has 2 N–H and O–H groups in total. The molecule has 1 aliphatic heterocycles. The second-order valence-electron chi connectivity index (χ2n) is 5.52. The van der Waals surface area contributed by atoms with Crippen LogP contribution >= 0.6 is 0 Å². The molecule has 1 fully saturated rings. The van der Waals surface area contributed by atoms with E-state index in [1.807, 2.05) is 0 Å². The SMILES string of the molecule is CCC(C)(CN)CN1CC(C)C(C)C1. The number of hydrogen-bond donors (Lipinski definition) is 1. The van der Waals surface area contributed by atoms with E-state index in [1.54, 1.807) is 0 Å². The lowest BCUT2D eigenvalue weighted by Crippen LogP contribution is -2.39. The molecule has 84 valence electrons. The molecule has 0 aliphatic carbocycles. The lowest BCUT2D eigenvalue weighted by Gasteiger charge is -2.31. The number of hydrogen-bond acceptors (Lipinski definition) is 2. The summed E-state index contributed by atoms with van der Waals surface area (Å²) in [5.41, 5.74) is 6.16. The molecule has 0 bridgehead atoms. The second-order valence-corrected chi connectivity index (χ2v) is 5.52. The van der Waals surface area contributed by atoms with Crippen molar-refractivity contribution >= 4 is 0 Å². The third kappa shape index (κ3) is 2.71. The molecular weight excluding hydrogens is 172 g/mol. The first-order valence-electron chi connectivity index (χ1n) is 5.93. The van der Waals surface area contributed by atoms with Crippen molar-refractivity contribution in [2.45, 2.75) is 34.1 Å². The fraction of sp³-hybridized carbons (Fsp3) is 1.00. The fourth-order valence-electron chi connectivity index (χ4n) is 2.24. The smallest absolute Gasteiger partial charge is 0.00475 e. The highest BCUT2D eigenvalue weighted by atomic mass is 15.2. The Balaban J connectivity index is 2.45. The first-order valence-corrected chi connectivity index (χ1v) is 5.93. The van der Waals surface area contributed by atoms with Crippen molar-refractivity contribution in [3.05, 3.63) is 0 Å². The van der Waals surface area contributed by atoms with Crippen LogP contribution in [0.1, 0.15) is 34.1 Å². The molecule has 0 aromatic heterocycles. The van der Waals surface area contributed by atoms with Crippen LogP contribution in [0, 0.1) is 17.3 Å². The molecule has 2 nitrogen and oxygen atoms in total. The van der Waals surface area contributed by atoms with Gasteiger partial charge in [0.25, 0.3) is 0 Å². The molecule has 1 aliphatic rings. The molecule has 0 aromatic carbocycles. The number of nitrogens with two attached hydrogens (primary N) is 1. The monoisotopic (exact) mass is 198 g/mol. The van der Waals surface area contributed by atoms with Gasteiger partial charge in [-0.25, -0.2) is 0 Å². The van der Waals surface area contributed by atoms with Crippen LogP contribution in [0.5, 0.6) is 0 Å². The van der Waals surface area contributed by atoms with Gasteiger partial charge in [0.1, 0.15) is 0 Å². The Bertz CT molecular complexity index is 165. The number of nitrogens with zero attached hydrogens (tertiary/aromatic N) is 1. The summed E-state index contributed by atoms with van der Waals surface area (Å²) in [5, 5.41) is 0. The first kappa shape index (κ1) is 12.0. The summed E-state index contributed by atoms with van der Waals surface area (Å²) in [6.07, 6.45) is 1.18. The van der Waals surface area contributed by atoms with Crippen LogP contribution in [-0.4, -0.2) is 31.1 Å². The molecule has 1 heterocycles. The van der Waals surface area contributed by atoms with Crippen molar-refractivity contribution in [2.24, 2.45) is 23.0 Å². The minimum Gasteiger partial charge on any atom is -0.330 e. The Morgan fingerprint density at radius 1 is 1.29 bits per heavy atom. The Morgan fingerprint density at radius 3 is 2.14 bits per heavy atom. The lowest BCUT2D eigenvalue weighted by atomic mass is 9.87. The topological polar surface area (TPSA) is 29.3 Å². The molecule has 1 rings (SSSR count). The average molecular weight is 198 g/mol. The Morgan fingerprint density at radius 2 is 1.79 bits per heavy atom. The molecule has 0 aromatic rings. The third-order valence-corrected chi connectivity index (χ3v) is 4.02. The Hall–Kier alpha value is -0.0800. The van der Waals surface area contributed by atoms with Gasteiger partial charge in [0.15, 0.2) is 0 Å². The molecule has 0 radical (unpaired) electrons. The summed E-state index contributed by atoms with van der Waals surface area (Å²) in [4.78, 5) is 2.59. The summed E-state index contributed by atoms with van der Waals surface area (Å²) >= 11 is 0. The molecule has 0 spiro atoms. The Kier molecular flexibility index (Phi) is 3.96. The Labute approximate surface area is 88.8 Å². The van der Waals surface area contributed by atoms with Gasteiger partial charge in [0.2, 0.25) is 0 Å². The first-order chi connectivity index (χ1) is 6.50. The zero-order chi connectivity index (χ0) is 10.8. The molecular formula is C12H26N2. The van der Waals surface area contributed by atoms with Gasteiger partial charge in [-0.2, -0.15) is 0 Å². The van der Waals surface area contributed by atoms with E-state index in [1.165, 1.54) is 26.1 Å². The van der Waals surface area contributed by atoms with E-state index in [-0.39, 0.29) is 0 Å². The predicted molar refractivity (Wildman–Crippen MR) is 62.2 cm³/mol. The van der Waals surface area contributed by atoms with E-state index < -0.39 is 0 Å². The molecule has 3 unspecified atom stereocenters. The largest absolute Gasteiger partial charge is 0.330 e. The van der Waals surface area contributed by atoms with Gasteiger partial charge >= 0.3 is 0 Å². The standard InChI is InChI=1S/C12H26N2/c1-5-12(4,8-13)9-14-6-10(2)11(3)7-14/h10-11H,5-9,13H2,1-4H3. The van der Waals surface area contributed by atoms with E-state index in [4.69, 9.17) is 5.73 Å². The van der Waals surface area contributed by atoms with Crippen molar-refractivity contribution in [3.63, 3.8) is 0 Å². The van der Waals surface area contributed by atoms with Gasteiger partial charge in [-0.1, -0.05) is 27.7 Å². The normalized spacial score (nSPS) is 33.2. The summed E-state index contributed by atoms with van der Waals surface area (Å²) in [6.45, 7) is 13.8. The molecule has 0 amide bonds. The number of rotatable bonds is 4. The quantitative estimate of drug-likeness (QED) is 0.748. The van der Waals surface area contributed by atoms with Gasteiger partial charge in [-0.05, 0) is 30.2 Å². The van der Waals surface area contributed by atoms with Crippen LogP contribution in [0.15, 0.2) is 0 Å². The average Bonchev–Trinajstić information content (AvgIpc) is 2.45. The minimum absolute atomic E-state index is 0.323. The second kappa shape index (κ2) is 4.63. The summed E-state index contributed by atoms with van der Waals surface area (Å²) < 4.78 is 0. The van der Waals surface area contributed by atoms with Crippen molar-refractivity contribution < 1.29 is 0 Å². The van der Waals surface area contributed by atoms with E-state index in [2.05, 4.69) is 32.6 Å². The van der Waals surface area contributed by atoms with Gasteiger partial charge in [0, 0.05) is 19.6 Å². The van der Waals surface area contributed by atoms with E-state index >= 15 is 0 Å². The van der Waals surface area contributed by atoms with Crippen LogP contribution in [0.25, 0.3) is 0 Å².